The van der Waals surface area contributed by atoms with Gasteiger partial charge in [-0.15, -0.1) is 0 Å². The number of hydrogen-bond donors (Lipinski definition) is 0. The minimum atomic E-state index is -2.79. The molecule has 0 N–H and O–H groups in total. The summed E-state index contributed by atoms with van der Waals surface area (Å²) in [5.41, 5.74) is 0.883. The van der Waals surface area contributed by atoms with Gasteiger partial charge >= 0.3 is 5.97 Å². The van der Waals surface area contributed by atoms with E-state index in [1.165, 1.54) is 17.5 Å². The van der Waals surface area contributed by atoms with Gasteiger partial charge in [-0.25, -0.2) is 4.79 Å². The molecule has 3 aromatic carbocycles. The van der Waals surface area contributed by atoms with Gasteiger partial charge in [0.25, 0.3) is 8.32 Å². The summed E-state index contributed by atoms with van der Waals surface area (Å²) in [6.45, 7) is 33.6. The predicted octanol–water partition coefficient (Wildman–Crippen LogP) is 12.3. The van der Waals surface area contributed by atoms with Gasteiger partial charge in [-0.1, -0.05) is 165 Å². The van der Waals surface area contributed by atoms with E-state index in [0.29, 0.717) is 34.9 Å². The SMILES string of the molecule is COCOc1cc(Cl)cc(/C=C/C[C@@H]2OC(C)(C)O[C@@H]2C(/C=C\[C@@H](C)C(C)O[Si](c2ccccc2)(c2ccccc2)C(C)(C)C)O[Si](C)(C)C(C)(C)C)c1C(=O)OCC[Si](C)(C)C. The van der Waals surface area contributed by atoms with Gasteiger partial charge in [0.2, 0.25) is 0 Å². The molecule has 3 aromatic rings. The second-order valence-electron chi connectivity index (χ2n) is 21.2. The molecule has 1 aliphatic rings. The van der Waals surface area contributed by atoms with Crippen LogP contribution in [0, 0.1) is 5.92 Å². The molecule has 0 amide bonds. The van der Waals surface area contributed by atoms with Gasteiger partial charge in [0.05, 0.1) is 18.8 Å². The van der Waals surface area contributed by atoms with Crippen molar-refractivity contribution in [3.8, 4) is 5.75 Å². The topological polar surface area (TPSA) is 81.7 Å². The van der Waals surface area contributed by atoms with E-state index in [9.17, 15) is 4.79 Å². The molecule has 1 heterocycles. The first-order chi connectivity index (χ1) is 29.2. The maximum absolute atomic E-state index is 13.7. The molecule has 0 radical (unpaired) electrons. The number of ether oxygens (including phenoxy) is 5. The molecule has 8 nitrogen and oxygen atoms in total. The van der Waals surface area contributed by atoms with Crippen LogP contribution in [0.4, 0.5) is 0 Å². The molecule has 63 heavy (non-hydrogen) atoms. The Hall–Kier alpha value is -2.85. The average molecular weight is 938 g/mol. The summed E-state index contributed by atoms with van der Waals surface area (Å²) in [6.07, 6.45) is 7.47. The minimum Gasteiger partial charge on any atom is -0.467 e. The van der Waals surface area contributed by atoms with Crippen molar-refractivity contribution in [3.63, 3.8) is 0 Å². The standard InChI is InChI=1S/C51H77ClO8Si3/c1-37(38(2)59-63(50(6,7)8,41-25-19-17-20-26-41)42-27-21-18-22-28-42)30-31-44(60-62(15,16)49(3,4)5)47-43(57-51(9,10)58-47)29-23-24-39-34-40(52)35-45(56-36-54-11)46(39)48(53)55-32-33-61(12,13)14/h17-28,30-31,34-35,37-38,43-44,47H,29,32-33,36H2,1-16H3/b24-23+,31-30-/t37-,38?,43+,44?,47+/m1/s1. The quantitative estimate of drug-likeness (QED) is 0.0480. The Morgan fingerprint density at radius 2 is 1.43 bits per heavy atom. The van der Waals surface area contributed by atoms with E-state index in [-0.39, 0.29) is 35.0 Å². The van der Waals surface area contributed by atoms with Crippen LogP contribution in [0.15, 0.2) is 91.0 Å². The largest absolute Gasteiger partial charge is 0.467 e. The van der Waals surface area contributed by atoms with E-state index >= 15 is 0 Å². The van der Waals surface area contributed by atoms with Crippen LogP contribution in [-0.4, -0.2) is 81.4 Å². The lowest BCUT2D eigenvalue weighted by molar-refractivity contribution is -0.151. The van der Waals surface area contributed by atoms with Crippen LogP contribution in [0.25, 0.3) is 6.08 Å². The van der Waals surface area contributed by atoms with Crippen molar-refractivity contribution < 1.29 is 37.3 Å². The van der Waals surface area contributed by atoms with E-state index in [1.54, 1.807) is 12.1 Å². The van der Waals surface area contributed by atoms with Crippen molar-refractivity contribution in [2.45, 2.75) is 155 Å². The molecule has 1 aliphatic heterocycles. The third kappa shape index (κ3) is 14.1. The van der Waals surface area contributed by atoms with E-state index in [0.717, 1.165) is 6.04 Å². The summed E-state index contributed by atoms with van der Waals surface area (Å²) in [5, 5.41) is 2.73. The zero-order valence-corrected chi connectivity index (χ0v) is 44.9. The molecule has 0 saturated carbocycles. The van der Waals surface area contributed by atoms with Gasteiger partial charge in [0, 0.05) is 26.3 Å². The zero-order chi connectivity index (χ0) is 47.0. The molecule has 1 saturated heterocycles. The van der Waals surface area contributed by atoms with Crippen LogP contribution in [0.1, 0.15) is 91.6 Å². The highest BCUT2D eigenvalue weighted by molar-refractivity contribution is 6.99. The minimum absolute atomic E-state index is 0.0344. The smallest absolute Gasteiger partial charge is 0.342 e. The first-order valence-corrected chi connectivity index (χ1v) is 31.4. The Balaban J connectivity index is 1.70. The van der Waals surface area contributed by atoms with Gasteiger partial charge in [-0.3, -0.25) is 0 Å². The summed E-state index contributed by atoms with van der Waals surface area (Å²) in [6, 6.07) is 25.8. The monoisotopic (exact) mass is 936 g/mol. The molecule has 1 fully saturated rings. The molecular formula is C51H77ClO8Si3. The lowest BCUT2D eigenvalue weighted by Gasteiger charge is -2.45. The molecule has 0 bridgehead atoms. The number of esters is 1. The number of rotatable bonds is 20. The average Bonchev–Trinajstić information content (AvgIpc) is 3.49. The first kappa shape index (κ1) is 52.8. The van der Waals surface area contributed by atoms with Crippen LogP contribution in [0.2, 0.25) is 53.9 Å². The van der Waals surface area contributed by atoms with Crippen molar-refractivity contribution in [2.75, 3.05) is 20.5 Å². The summed E-state index contributed by atoms with van der Waals surface area (Å²) < 4.78 is 45.1. The molecule has 4 rings (SSSR count). The van der Waals surface area contributed by atoms with Crippen LogP contribution >= 0.6 is 11.6 Å². The van der Waals surface area contributed by atoms with Gasteiger partial charge < -0.3 is 32.5 Å². The Bertz CT molecular complexity index is 1940. The summed E-state index contributed by atoms with van der Waals surface area (Å²) >= 11 is 6.61. The summed E-state index contributed by atoms with van der Waals surface area (Å²) in [7, 11) is -5.03. The maximum Gasteiger partial charge on any atom is 0.342 e. The molecule has 5 atom stereocenters. The predicted molar refractivity (Wildman–Crippen MR) is 268 cm³/mol. The molecular weight excluding hydrogens is 860 g/mol. The van der Waals surface area contributed by atoms with Crippen molar-refractivity contribution >= 4 is 58.7 Å². The van der Waals surface area contributed by atoms with Gasteiger partial charge in [-0.05, 0) is 90.4 Å². The fourth-order valence-corrected chi connectivity index (χ4v) is 14.6. The molecule has 0 aromatic heterocycles. The Morgan fingerprint density at radius 3 is 1.95 bits per heavy atom. The number of carbonyl (C=O) groups is 1. The third-order valence-corrected chi connectivity index (χ3v) is 23.8. The second kappa shape index (κ2) is 21.6. The number of benzene rings is 3. The zero-order valence-electron chi connectivity index (χ0n) is 41.1. The molecule has 348 valence electrons. The molecule has 0 spiro atoms. The Labute approximate surface area is 388 Å². The lowest BCUT2D eigenvalue weighted by Crippen LogP contribution is -2.67. The Kier molecular flexibility index (Phi) is 18.1. The molecule has 12 heteroatoms. The fourth-order valence-electron chi connectivity index (χ4n) is 7.61. The van der Waals surface area contributed by atoms with E-state index in [1.807, 2.05) is 26.0 Å². The third-order valence-electron chi connectivity index (χ3n) is 12.3. The number of carbonyl (C=O) groups excluding carboxylic acids is 1. The van der Waals surface area contributed by atoms with Crippen molar-refractivity contribution in [1.29, 1.82) is 0 Å². The highest BCUT2D eigenvalue weighted by atomic mass is 35.5. The highest BCUT2D eigenvalue weighted by Crippen LogP contribution is 2.42. The maximum atomic E-state index is 13.7. The molecule has 0 aliphatic carbocycles. The van der Waals surface area contributed by atoms with E-state index in [4.69, 9.17) is 44.1 Å². The lowest BCUT2D eigenvalue weighted by atomic mass is 10.00. The van der Waals surface area contributed by atoms with Crippen LogP contribution in [0.5, 0.6) is 5.75 Å². The number of methoxy groups -OCH3 is 1. The number of halogens is 1. The normalized spacial score (nSPS) is 19.1. The summed E-state index contributed by atoms with van der Waals surface area (Å²) in [4.78, 5) is 13.7. The van der Waals surface area contributed by atoms with Crippen molar-refractivity contribution in [3.05, 3.63) is 107 Å². The van der Waals surface area contributed by atoms with Crippen molar-refractivity contribution in [1.82, 2.24) is 0 Å². The summed E-state index contributed by atoms with van der Waals surface area (Å²) in [5.74, 6) is -0.992. The van der Waals surface area contributed by atoms with Crippen LogP contribution in [-0.2, 0) is 27.8 Å². The van der Waals surface area contributed by atoms with E-state index in [2.05, 4.69) is 161 Å². The Morgan fingerprint density at radius 1 is 0.841 bits per heavy atom. The highest BCUT2D eigenvalue weighted by Gasteiger charge is 2.52. The van der Waals surface area contributed by atoms with Crippen LogP contribution in [0.3, 0.4) is 0 Å². The van der Waals surface area contributed by atoms with Crippen molar-refractivity contribution in [2.24, 2.45) is 5.92 Å². The van der Waals surface area contributed by atoms with Crippen LogP contribution < -0.4 is 15.1 Å². The second-order valence-corrected chi connectivity index (χ2v) is 36.3. The molecule has 2 unspecified atom stereocenters. The van der Waals surface area contributed by atoms with Gasteiger partial charge in [0.15, 0.2) is 20.9 Å². The first-order valence-electron chi connectivity index (χ1n) is 22.5. The van der Waals surface area contributed by atoms with Gasteiger partial charge in [-0.2, -0.15) is 0 Å². The van der Waals surface area contributed by atoms with Gasteiger partial charge in [0.1, 0.15) is 17.4 Å². The number of hydrogen-bond acceptors (Lipinski definition) is 8. The van der Waals surface area contributed by atoms with E-state index < -0.39 is 48.7 Å². The fraction of sp³-hybridized carbons (Fsp3) is 0.549.